The third-order valence-electron chi connectivity index (χ3n) is 5.91. The Balaban J connectivity index is 1.66. The van der Waals surface area contributed by atoms with Crippen molar-refractivity contribution in [3.05, 3.63) is 41.2 Å². The van der Waals surface area contributed by atoms with Crippen LogP contribution in [0.5, 0.6) is 0 Å². The highest BCUT2D eigenvalue weighted by molar-refractivity contribution is 6.03. The van der Waals surface area contributed by atoms with E-state index in [0.29, 0.717) is 35.2 Å². The predicted molar refractivity (Wildman–Crippen MR) is 119 cm³/mol. The van der Waals surface area contributed by atoms with E-state index in [-0.39, 0.29) is 5.91 Å². The lowest BCUT2D eigenvalue weighted by Gasteiger charge is -2.23. The van der Waals surface area contributed by atoms with Gasteiger partial charge in [-0.15, -0.1) is 0 Å². The van der Waals surface area contributed by atoms with Gasteiger partial charge >= 0.3 is 0 Å². The molecule has 1 saturated heterocycles. The Morgan fingerprint density at radius 2 is 2.03 bits per heavy atom. The number of anilines is 1. The van der Waals surface area contributed by atoms with E-state index in [9.17, 15) is 9.59 Å². The molecule has 0 saturated carbocycles. The van der Waals surface area contributed by atoms with Crippen molar-refractivity contribution in [3.8, 4) is 0 Å². The summed E-state index contributed by atoms with van der Waals surface area (Å²) in [5.74, 6) is 0.350. The van der Waals surface area contributed by atoms with Crippen LogP contribution >= 0.6 is 0 Å². The van der Waals surface area contributed by atoms with E-state index < -0.39 is 5.91 Å². The second kappa shape index (κ2) is 8.89. The van der Waals surface area contributed by atoms with Crippen LogP contribution in [-0.4, -0.2) is 44.2 Å². The monoisotopic (exact) mass is 423 g/mol. The van der Waals surface area contributed by atoms with Crippen molar-refractivity contribution in [2.45, 2.75) is 46.2 Å². The number of piperidine rings is 1. The maximum absolute atomic E-state index is 13.0. The van der Waals surface area contributed by atoms with Crippen LogP contribution in [0.2, 0.25) is 0 Å². The first-order valence-electron chi connectivity index (χ1n) is 10.8. The summed E-state index contributed by atoms with van der Waals surface area (Å²) in [5, 5.41) is 10.7. The van der Waals surface area contributed by atoms with Crippen molar-refractivity contribution in [2.24, 2.45) is 11.7 Å². The fourth-order valence-electron chi connectivity index (χ4n) is 4.22. The number of carbonyl (C=O) groups excluding carboxylic acids is 2. The number of amides is 2. The average Bonchev–Trinajstić information content (AvgIpc) is 3.31. The number of aromatic nitrogens is 4. The molecule has 2 amide bonds. The fourth-order valence-corrected chi connectivity index (χ4v) is 4.22. The highest BCUT2D eigenvalue weighted by atomic mass is 16.2. The Labute approximate surface area is 181 Å². The van der Waals surface area contributed by atoms with Gasteiger partial charge in [-0.05, 0) is 76.4 Å². The zero-order valence-electron chi connectivity index (χ0n) is 18.0. The minimum Gasteiger partial charge on any atom is -0.366 e. The summed E-state index contributed by atoms with van der Waals surface area (Å²) in [6.45, 7) is 7.23. The van der Waals surface area contributed by atoms with Gasteiger partial charge in [0, 0.05) is 18.7 Å². The molecule has 0 unspecified atom stereocenters. The second-order valence-electron chi connectivity index (χ2n) is 8.08. The van der Waals surface area contributed by atoms with Crippen LogP contribution in [0, 0.1) is 12.8 Å². The quantitative estimate of drug-likeness (QED) is 0.539. The molecule has 4 N–H and O–H groups in total. The molecule has 0 aliphatic carbocycles. The van der Waals surface area contributed by atoms with E-state index in [0.717, 1.165) is 50.1 Å². The van der Waals surface area contributed by atoms with Gasteiger partial charge in [0.1, 0.15) is 5.69 Å². The topological polar surface area (TPSA) is 120 Å². The van der Waals surface area contributed by atoms with Crippen LogP contribution < -0.4 is 16.4 Å². The summed E-state index contributed by atoms with van der Waals surface area (Å²) >= 11 is 0. The maximum Gasteiger partial charge on any atom is 0.276 e. The Hall–Kier alpha value is -3.20. The number of aryl methyl sites for hydroxylation is 3. The minimum atomic E-state index is -0.501. The Morgan fingerprint density at radius 3 is 2.74 bits per heavy atom. The standard InChI is InChI=1S/C22H29N7O2/c1-3-29-19(12-14(2)27-29)21(31)26-22-25-17-13-16(20(23)30)4-5-18(17)28(22)11-8-15-6-9-24-10-7-15/h4-5,12-13,15,24H,3,6-11H2,1-2H3,(H2,23,30)(H,25,26,31). The summed E-state index contributed by atoms with van der Waals surface area (Å²) in [6, 6.07) is 7.00. The van der Waals surface area contributed by atoms with Gasteiger partial charge in [-0.1, -0.05) is 0 Å². The molecule has 31 heavy (non-hydrogen) atoms. The Kier molecular flexibility index (Phi) is 6.03. The number of nitrogens with two attached hydrogens (primary N) is 1. The van der Waals surface area contributed by atoms with Crippen molar-refractivity contribution in [2.75, 3.05) is 18.4 Å². The number of primary amides is 1. The minimum absolute atomic E-state index is 0.254. The van der Waals surface area contributed by atoms with Crippen molar-refractivity contribution in [1.29, 1.82) is 0 Å². The van der Waals surface area contributed by atoms with E-state index in [2.05, 4.69) is 20.7 Å². The highest BCUT2D eigenvalue weighted by Crippen LogP contribution is 2.25. The van der Waals surface area contributed by atoms with E-state index in [4.69, 9.17) is 5.73 Å². The molecule has 0 radical (unpaired) electrons. The predicted octanol–water partition coefficient (Wildman–Crippen LogP) is 2.30. The average molecular weight is 424 g/mol. The van der Waals surface area contributed by atoms with Crippen LogP contribution in [0.15, 0.2) is 24.3 Å². The molecule has 164 valence electrons. The van der Waals surface area contributed by atoms with Crippen LogP contribution in [0.3, 0.4) is 0 Å². The molecule has 0 spiro atoms. The molecule has 2 aromatic heterocycles. The summed E-state index contributed by atoms with van der Waals surface area (Å²) in [6.07, 6.45) is 3.30. The number of fused-ring (bicyclic) bond motifs is 1. The highest BCUT2D eigenvalue weighted by Gasteiger charge is 2.20. The summed E-state index contributed by atoms with van der Waals surface area (Å²) < 4.78 is 3.71. The van der Waals surface area contributed by atoms with Crippen LogP contribution in [0.25, 0.3) is 11.0 Å². The van der Waals surface area contributed by atoms with E-state index in [1.807, 2.05) is 24.5 Å². The molecule has 9 nitrogen and oxygen atoms in total. The number of hydrogen-bond acceptors (Lipinski definition) is 5. The summed E-state index contributed by atoms with van der Waals surface area (Å²) in [5.41, 5.74) is 8.62. The maximum atomic E-state index is 13.0. The smallest absolute Gasteiger partial charge is 0.276 e. The van der Waals surface area contributed by atoms with Gasteiger partial charge < -0.3 is 15.6 Å². The van der Waals surface area contributed by atoms with Crippen molar-refractivity contribution in [3.63, 3.8) is 0 Å². The van der Waals surface area contributed by atoms with Gasteiger partial charge in [0.15, 0.2) is 0 Å². The number of imidazole rings is 1. The molecule has 1 aliphatic heterocycles. The lowest BCUT2D eigenvalue weighted by molar-refractivity contribution is 0.0996. The van der Waals surface area contributed by atoms with Crippen LogP contribution in [0.1, 0.15) is 52.7 Å². The molecule has 0 atom stereocenters. The van der Waals surface area contributed by atoms with Gasteiger partial charge in [-0.2, -0.15) is 5.10 Å². The van der Waals surface area contributed by atoms with Crippen molar-refractivity contribution in [1.82, 2.24) is 24.6 Å². The van der Waals surface area contributed by atoms with Crippen molar-refractivity contribution >= 4 is 28.8 Å². The van der Waals surface area contributed by atoms with Gasteiger partial charge in [-0.3, -0.25) is 19.6 Å². The Bertz CT molecular complexity index is 1110. The second-order valence-corrected chi connectivity index (χ2v) is 8.08. The number of benzene rings is 1. The Morgan fingerprint density at radius 1 is 1.26 bits per heavy atom. The number of nitrogens with one attached hydrogen (secondary N) is 2. The first-order chi connectivity index (χ1) is 15.0. The molecule has 1 aliphatic rings. The molecular formula is C22H29N7O2. The molecule has 1 fully saturated rings. The normalized spacial score (nSPS) is 14.8. The van der Waals surface area contributed by atoms with E-state index >= 15 is 0 Å². The fraction of sp³-hybridized carbons (Fsp3) is 0.455. The first-order valence-corrected chi connectivity index (χ1v) is 10.8. The molecular weight excluding hydrogens is 394 g/mol. The zero-order valence-corrected chi connectivity index (χ0v) is 18.0. The molecule has 9 heteroatoms. The third kappa shape index (κ3) is 4.46. The zero-order chi connectivity index (χ0) is 22.0. The molecule has 4 rings (SSSR count). The molecule has 0 bridgehead atoms. The van der Waals surface area contributed by atoms with Crippen LogP contribution in [0.4, 0.5) is 5.95 Å². The van der Waals surface area contributed by atoms with E-state index in [1.54, 1.807) is 22.9 Å². The molecule has 3 heterocycles. The van der Waals surface area contributed by atoms with Gasteiger partial charge in [0.2, 0.25) is 11.9 Å². The third-order valence-corrected chi connectivity index (χ3v) is 5.91. The first kappa shape index (κ1) is 21.0. The number of hydrogen-bond donors (Lipinski definition) is 3. The van der Waals surface area contributed by atoms with Crippen molar-refractivity contribution < 1.29 is 9.59 Å². The largest absolute Gasteiger partial charge is 0.366 e. The summed E-state index contributed by atoms with van der Waals surface area (Å²) in [4.78, 5) is 29.2. The van der Waals surface area contributed by atoms with Gasteiger partial charge in [0.25, 0.3) is 5.91 Å². The van der Waals surface area contributed by atoms with Gasteiger partial charge in [-0.25, -0.2) is 4.98 Å². The summed E-state index contributed by atoms with van der Waals surface area (Å²) in [7, 11) is 0. The number of rotatable bonds is 7. The van der Waals surface area contributed by atoms with Crippen LogP contribution in [-0.2, 0) is 13.1 Å². The lowest BCUT2D eigenvalue weighted by Crippen LogP contribution is -2.28. The SMILES string of the molecule is CCn1nc(C)cc1C(=O)Nc1nc2cc(C(N)=O)ccc2n1CCC1CCNCC1. The number of carbonyl (C=O) groups is 2. The molecule has 1 aromatic carbocycles. The van der Waals surface area contributed by atoms with Gasteiger partial charge in [0.05, 0.1) is 16.7 Å². The van der Waals surface area contributed by atoms with E-state index in [1.165, 1.54) is 0 Å². The lowest BCUT2D eigenvalue weighted by atomic mass is 9.95. The molecule has 3 aromatic rings. The number of nitrogens with zero attached hydrogens (tertiary/aromatic N) is 4.